The van der Waals surface area contributed by atoms with Gasteiger partial charge < -0.3 is 5.32 Å². The van der Waals surface area contributed by atoms with Gasteiger partial charge in [0.15, 0.2) is 0 Å². The zero-order valence-electron chi connectivity index (χ0n) is 18.4. The lowest BCUT2D eigenvalue weighted by molar-refractivity contribution is 0.0943. The molecule has 4 aromatic rings. The summed E-state index contributed by atoms with van der Waals surface area (Å²) in [6.45, 7) is 2.00. The topological polar surface area (TPSA) is 75.3 Å². The number of amides is 1. The van der Waals surface area contributed by atoms with Crippen LogP contribution in [0.15, 0.2) is 108 Å². The van der Waals surface area contributed by atoms with Crippen LogP contribution in [0.4, 0.5) is 5.69 Å². The van der Waals surface area contributed by atoms with E-state index in [1.54, 1.807) is 18.2 Å². The van der Waals surface area contributed by atoms with Crippen LogP contribution in [0, 0.1) is 6.92 Å². The first-order valence-electron chi connectivity index (χ1n) is 10.6. The number of sulfonamides is 1. The number of benzene rings is 4. The van der Waals surface area contributed by atoms with Crippen molar-refractivity contribution in [3.05, 3.63) is 130 Å². The van der Waals surface area contributed by atoms with Crippen LogP contribution >= 0.6 is 11.6 Å². The summed E-state index contributed by atoms with van der Waals surface area (Å²) in [5.74, 6) is -0.416. The minimum Gasteiger partial charge on any atom is -0.341 e. The number of hydrogen-bond acceptors (Lipinski definition) is 3. The Morgan fingerprint density at radius 1 is 0.794 bits per heavy atom. The third-order valence-corrected chi connectivity index (χ3v) is 7.06. The number of carbonyl (C=O) groups excluding carboxylic acids is 1. The number of anilines is 1. The van der Waals surface area contributed by atoms with Crippen LogP contribution in [0.1, 0.15) is 33.1 Å². The van der Waals surface area contributed by atoms with Gasteiger partial charge in [-0.3, -0.25) is 9.52 Å². The normalized spacial score (nSPS) is 12.1. The molecule has 172 valence electrons. The zero-order valence-corrected chi connectivity index (χ0v) is 20.0. The van der Waals surface area contributed by atoms with Crippen LogP contribution in [-0.4, -0.2) is 14.3 Å². The molecule has 0 aliphatic rings. The molecule has 2 N–H and O–H groups in total. The van der Waals surface area contributed by atoms with Gasteiger partial charge in [0.25, 0.3) is 15.9 Å². The van der Waals surface area contributed by atoms with Crippen molar-refractivity contribution in [2.75, 3.05) is 4.72 Å². The Hall–Kier alpha value is -3.61. The van der Waals surface area contributed by atoms with E-state index < -0.39 is 22.0 Å². The van der Waals surface area contributed by atoms with Crippen LogP contribution in [0.3, 0.4) is 0 Å². The molecule has 0 saturated carbocycles. The van der Waals surface area contributed by atoms with E-state index >= 15 is 0 Å². The first kappa shape index (κ1) is 23.5. The lowest BCUT2D eigenvalue weighted by Gasteiger charge is -2.21. The average Bonchev–Trinajstić information content (AvgIpc) is 2.85. The summed E-state index contributed by atoms with van der Waals surface area (Å²) in [4.78, 5) is 13.4. The van der Waals surface area contributed by atoms with Gasteiger partial charge in [0, 0.05) is 5.69 Å². The zero-order chi connectivity index (χ0) is 24.1. The molecule has 4 aromatic carbocycles. The van der Waals surface area contributed by atoms with E-state index in [9.17, 15) is 13.2 Å². The van der Waals surface area contributed by atoms with Gasteiger partial charge in [-0.25, -0.2) is 8.42 Å². The Balaban J connectivity index is 1.63. The highest BCUT2D eigenvalue weighted by molar-refractivity contribution is 7.92. The maximum absolute atomic E-state index is 13.3. The molecule has 0 aromatic heterocycles. The van der Waals surface area contributed by atoms with Crippen LogP contribution in [0.2, 0.25) is 5.02 Å². The molecular formula is C27H23ClN2O3S. The van der Waals surface area contributed by atoms with E-state index in [1.165, 1.54) is 30.3 Å². The molecule has 0 fully saturated rings. The first-order valence-corrected chi connectivity index (χ1v) is 12.5. The highest BCUT2D eigenvalue weighted by Crippen LogP contribution is 2.26. The predicted molar refractivity (Wildman–Crippen MR) is 136 cm³/mol. The second-order valence-electron chi connectivity index (χ2n) is 7.84. The first-order chi connectivity index (χ1) is 16.3. The van der Waals surface area contributed by atoms with E-state index in [4.69, 9.17) is 11.6 Å². The van der Waals surface area contributed by atoms with Gasteiger partial charge in [-0.1, -0.05) is 90.0 Å². The number of aryl methyl sites for hydroxylation is 1. The fraction of sp³-hybridized carbons (Fsp3) is 0.0741. The minimum atomic E-state index is -3.81. The van der Waals surface area contributed by atoms with Crippen LogP contribution < -0.4 is 10.0 Å². The van der Waals surface area contributed by atoms with Gasteiger partial charge in [-0.05, 0) is 48.4 Å². The van der Waals surface area contributed by atoms with Crippen molar-refractivity contribution >= 4 is 33.2 Å². The monoisotopic (exact) mass is 490 g/mol. The van der Waals surface area contributed by atoms with Crippen molar-refractivity contribution in [1.82, 2.24) is 5.32 Å². The molecule has 0 aliphatic heterocycles. The van der Waals surface area contributed by atoms with E-state index in [-0.39, 0.29) is 21.2 Å². The van der Waals surface area contributed by atoms with Gasteiger partial charge in [0.1, 0.15) is 0 Å². The molecule has 1 atom stereocenters. The fourth-order valence-electron chi connectivity index (χ4n) is 3.55. The Morgan fingerprint density at radius 2 is 1.38 bits per heavy atom. The molecular weight excluding hydrogens is 468 g/mol. The minimum absolute atomic E-state index is 0.125. The van der Waals surface area contributed by atoms with Gasteiger partial charge in [0.2, 0.25) is 0 Å². The SMILES string of the molecule is Cc1ccc(C(NC(=O)c2cc(NS(=O)(=O)c3ccccc3)ccc2Cl)c2ccccc2)cc1. The Labute approximate surface area is 204 Å². The van der Waals surface area contributed by atoms with E-state index in [2.05, 4.69) is 10.0 Å². The third-order valence-electron chi connectivity index (χ3n) is 5.34. The summed E-state index contributed by atoms with van der Waals surface area (Å²) >= 11 is 6.34. The van der Waals surface area contributed by atoms with Crippen molar-refractivity contribution in [2.45, 2.75) is 17.9 Å². The molecule has 4 rings (SSSR count). The summed E-state index contributed by atoms with van der Waals surface area (Å²) in [5.41, 5.74) is 3.36. The van der Waals surface area contributed by atoms with Crippen LogP contribution in [0.25, 0.3) is 0 Å². The maximum atomic E-state index is 13.3. The summed E-state index contributed by atoms with van der Waals surface area (Å²) in [6.07, 6.45) is 0. The molecule has 7 heteroatoms. The molecule has 0 aliphatic carbocycles. The summed E-state index contributed by atoms with van der Waals surface area (Å²) in [5, 5.41) is 3.27. The lowest BCUT2D eigenvalue weighted by Crippen LogP contribution is -2.29. The maximum Gasteiger partial charge on any atom is 0.261 e. The molecule has 5 nitrogen and oxygen atoms in total. The fourth-order valence-corrected chi connectivity index (χ4v) is 4.82. The van der Waals surface area contributed by atoms with Crippen molar-refractivity contribution in [2.24, 2.45) is 0 Å². The van der Waals surface area contributed by atoms with Gasteiger partial charge in [-0.2, -0.15) is 0 Å². The number of nitrogens with one attached hydrogen (secondary N) is 2. The van der Waals surface area contributed by atoms with Crippen molar-refractivity contribution in [1.29, 1.82) is 0 Å². The van der Waals surface area contributed by atoms with Gasteiger partial charge in [-0.15, -0.1) is 0 Å². The quantitative estimate of drug-likeness (QED) is 0.335. The molecule has 1 unspecified atom stereocenters. The van der Waals surface area contributed by atoms with Gasteiger partial charge in [0.05, 0.1) is 21.5 Å². The second-order valence-corrected chi connectivity index (χ2v) is 9.93. The standard InChI is InChI=1S/C27H23ClN2O3S/c1-19-12-14-21(15-13-19)26(20-8-4-2-5-9-20)29-27(31)24-18-22(16-17-25(24)28)30-34(32,33)23-10-6-3-7-11-23/h2-18,26,30H,1H3,(H,29,31). The van der Waals surface area contributed by atoms with Crippen molar-refractivity contribution in [3.63, 3.8) is 0 Å². The number of hydrogen-bond donors (Lipinski definition) is 2. The largest absolute Gasteiger partial charge is 0.341 e. The highest BCUT2D eigenvalue weighted by Gasteiger charge is 2.21. The molecule has 0 heterocycles. The van der Waals surface area contributed by atoms with E-state index in [1.807, 2.05) is 61.5 Å². The summed E-state index contributed by atoms with van der Waals surface area (Å²) in [7, 11) is -3.81. The summed E-state index contributed by atoms with van der Waals surface area (Å²) < 4.78 is 27.9. The van der Waals surface area contributed by atoms with Crippen molar-refractivity contribution in [3.8, 4) is 0 Å². The number of rotatable bonds is 7. The predicted octanol–water partition coefficient (Wildman–Crippen LogP) is 5.97. The summed E-state index contributed by atoms with van der Waals surface area (Å²) in [6, 6.07) is 29.6. The van der Waals surface area contributed by atoms with E-state index in [0.29, 0.717) is 0 Å². The molecule has 1 amide bonds. The second kappa shape index (κ2) is 10.1. The molecule has 0 spiro atoms. The number of carbonyl (C=O) groups is 1. The van der Waals surface area contributed by atoms with Crippen LogP contribution in [-0.2, 0) is 10.0 Å². The van der Waals surface area contributed by atoms with Crippen LogP contribution in [0.5, 0.6) is 0 Å². The van der Waals surface area contributed by atoms with Gasteiger partial charge >= 0.3 is 0 Å². The third kappa shape index (κ3) is 5.47. The average molecular weight is 491 g/mol. The number of halogens is 1. The van der Waals surface area contributed by atoms with Crippen molar-refractivity contribution < 1.29 is 13.2 Å². The molecule has 0 bridgehead atoms. The smallest absolute Gasteiger partial charge is 0.261 e. The lowest BCUT2D eigenvalue weighted by atomic mass is 9.97. The Kier molecular flexibility index (Phi) is 7.01. The molecule has 34 heavy (non-hydrogen) atoms. The Morgan fingerprint density at radius 3 is 2.03 bits per heavy atom. The van der Waals surface area contributed by atoms with E-state index in [0.717, 1.165) is 16.7 Å². The molecule has 0 saturated heterocycles. The highest BCUT2D eigenvalue weighted by atomic mass is 35.5. The molecule has 0 radical (unpaired) electrons. The Bertz CT molecular complexity index is 1390.